The quantitative estimate of drug-likeness (QED) is 0.788. The summed E-state index contributed by atoms with van der Waals surface area (Å²) in [6, 6.07) is 18.5. The summed E-state index contributed by atoms with van der Waals surface area (Å²) in [6.45, 7) is 0.675. The van der Waals surface area contributed by atoms with Gasteiger partial charge in [-0.25, -0.2) is 0 Å². The molecule has 0 unspecified atom stereocenters. The first kappa shape index (κ1) is 11.7. The second-order valence-corrected chi connectivity index (χ2v) is 4.21. The third kappa shape index (κ3) is 2.86. The summed E-state index contributed by atoms with van der Waals surface area (Å²) < 4.78 is 0. The average molecular weight is 226 g/mol. The van der Waals surface area contributed by atoms with E-state index in [1.807, 2.05) is 24.3 Å². The van der Waals surface area contributed by atoms with Crippen molar-refractivity contribution < 1.29 is 0 Å². The molecule has 0 heterocycles. The molecule has 0 saturated carbocycles. The number of anilines is 1. The van der Waals surface area contributed by atoms with Gasteiger partial charge in [-0.05, 0) is 36.2 Å². The third-order valence-corrected chi connectivity index (χ3v) is 2.97. The Kier molecular flexibility index (Phi) is 3.78. The van der Waals surface area contributed by atoms with Gasteiger partial charge in [0.25, 0.3) is 0 Å². The van der Waals surface area contributed by atoms with E-state index in [0.29, 0.717) is 12.5 Å². The molecule has 0 amide bonds. The zero-order valence-electron chi connectivity index (χ0n) is 9.84. The van der Waals surface area contributed by atoms with Crippen LogP contribution in [-0.2, 0) is 0 Å². The van der Waals surface area contributed by atoms with Gasteiger partial charge in [0.05, 0.1) is 0 Å². The molecule has 17 heavy (non-hydrogen) atoms. The van der Waals surface area contributed by atoms with E-state index in [4.69, 9.17) is 11.5 Å². The topological polar surface area (TPSA) is 52.0 Å². The molecular formula is C15H18N2. The molecule has 4 N–H and O–H groups in total. The zero-order chi connectivity index (χ0) is 12.1. The van der Waals surface area contributed by atoms with E-state index in [1.165, 1.54) is 11.1 Å². The monoisotopic (exact) mass is 226 g/mol. The van der Waals surface area contributed by atoms with Crippen molar-refractivity contribution in [1.29, 1.82) is 0 Å². The van der Waals surface area contributed by atoms with Crippen molar-refractivity contribution in [1.82, 2.24) is 0 Å². The van der Waals surface area contributed by atoms with Gasteiger partial charge < -0.3 is 11.5 Å². The Hall–Kier alpha value is -1.80. The van der Waals surface area contributed by atoms with Crippen molar-refractivity contribution in [2.75, 3.05) is 12.3 Å². The third-order valence-electron chi connectivity index (χ3n) is 2.97. The van der Waals surface area contributed by atoms with Crippen LogP contribution in [0.1, 0.15) is 23.5 Å². The van der Waals surface area contributed by atoms with E-state index in [2.05, 4.69) is 30.3 Å². The van der Waals surface area contributed by atoms with E-state index in [0.717, 1.165) is 12.1 Å². The summed E-state index contributed by atoms with van der Waals surface area (Å²) in [5.41, 5.74) is 14.9. The Labute approximate surface area is 102 Å². The maximum absolute atomic E-state index is 5.84. The van der Waals surface area contributed by atoms with E-state index >= 15 is 0 Å². The van der Waals surface area contributed by atoms with Crippen LogP contribution < -0.4 is 11.5 Å². The van der Waals surface area contributed by atoms with Crippen molar-refractivity contribution in [3.8, 4) is 0 Å². The molecule has 0 aliphatic heterocycles. The van der Waals surface area contributed by atoms with Crippen molar-refractivity contribution in [2.45, 2.75) is 12.3 Å². The molecule has 0 radical (unpaired) electrons. The van der Waals surface area contributed by atoms with Crippen LogP contribution in [-0.4, -0.2) is 6.54 Å². The Morgan fingerprint density at radius 3 is 2.24 bits per heavy atom. The summed E-state index contributed by atoms with van der Waals surface area (Å²) in [5.74, 6) is 0.338. The highest BCUT2D eigenvalue weighted by Crippen LogP contribution is 2.28. The first-order chi connectivity index (χ1) is 8.31. The second-order valence-electron chi connectivity index (χ2n) is 4.21. The van der Waals surface area contributed by atoms with E-state index < -0.39 is 0 Å². The van der Waals surface area contributed by atoms with Gasteiger partial charge in [0, 0.05) is 11.6 Å². The molecule has 1 atom stereocenters. The summed E-state index contributed by atoms with van der Waals surface area (Å²) in [4.78, 5) is 0. The Morgan fingerprint density at radius 1 is 0.882 bits per heavy atom. The maximum atomic E-state index is 5.84. The molecule has 2 nitrogen and oxygen atoms in total. The lowest BCUT2D eigenvalue weighted by molar-refractivity contribution is 0.726. The van der Waals surface area contributed by atoms with Crippen molar-refractivity contribution >= 4 is 5.69 Å². The number of benzene rings is 2. The Bertz CT molecular complexity index is 465. The lowest BCUT2D eigenvalue weighted by Crippen LogP contribution is -2.09. The second kappa shape index (κ2) is 5.51. The van der Waals surface area contributed by atoms with Crippen LogP contribution in [0.15, 0.2) is 54.6 Å². The summed E-state index contributed by atoms with van der Waals surface area (Å²) >= 11 is 0. The standard InChI is InChI=1S/C15H18N2/c16-10-9-15(12-5-2-1-3-6-12)13-7-4-8-14(17)11-13/h1-8,11,15H,9-10,16-17H2/t15-/m1/s1. The van der Waals surface area contributed by atoms with Gasteiger partial charge in [-0.1, -0.05) is 42.5 Å². The molecule has 0 aromatic heterocycles. The Balaban J connectivity index is 2.35. The Morgan fingerprint density at radius 2 is 1.59 bits per heavy atom. The van der Waals surface area contributed by atoms with Crippen LogP contribution in [0.2, 0.25) is 0 Å². The minimum absolute atomic E-state index is 0.338. The van der Waals surface area contributed by atoms with Gasteiger partial charge in [0.2, 0.25) is 0 Å². The summed E-state index contributed by atoms with van der Waals surface area (Å²) in [7, 11) is 0. The summed E-state index contributed by atoms with van der Waals surface area (Å²) in [6.07, 6.45) is 0.938. The molecule has 0 aliphatic carbocycles. The number of nitrogen functional groups attached to an aromatic ring is 1. The largest absolute Gasteiger partial charge is 0.399 e. The van der Waals surface area contributed by atoms with Crippen LogP contribution in [0, 0.1) is 0 Å². The predicted molar refractivity (Wildman–Crippen MR) is 72.8 cm³/mol. The van der Waals surface area contributed by atoms with Gasteiger partial charge in [0.15, 0.2) is 0 Å². The molecule has 2 heteroatoms. The van der Waals surface area contributed by atoms with Gasteiger partial charge >= 0.3 is 0 Å². The minimum atomic E-state index is 0.338. The molecule has 0 fully saturated rings. The predicted octanol–water partition coefficient (Wildman–Crippen LogP) is 2.75. The van der Waals surface area contributed by atoms with Crippen LogP contribution in [0.25, 0.3) is 0 Å². The molecule has 2 aromatic carbocycles. The number of rotatable bonds is 4. The van der Waals surface area contributed by atoms with E-state index in [9.17, 15) is 0 Å². The van der Waals surface area contributed by atoms with Crippen molar-refractivity contribution in [3.63, 3.8) is 0 Å². The first-order valence-electron chi connectivity index (χ1n) is 5.91. The van der Waals surface area contributed by atoms with Gasteiger partial charge in [-0.15, -0.1) is 0 Å². The average Bonchev–Trinajstić information content (AvgIpc) is 2.37. The van der Waals surface area contributed by atoms with Crippen molar-refractivity contribution in [2.24, 2.45) is 5.73 Å². The smallest absolute Gasteiger partial charge is 0.0316 e. The summed E-state index contributed by atoms with van der Waals surface area (Å²) in [5, 5.41) is 0. The number of hydrogen-bond acceptors (Lipinski definition) is 2. The lowest BCUT2D eigenvalue weighted by Gasteiger charge is -2.17. The number of nitrogens with two attached hydrogens (primary N) is 2. The minimum Gasteiger partial charge on any atom is -0.399 e. The molecule has 2 aromatic rings. The maximum Gasteiger partial charge on any atom is 0.0316 e. The lowest BCUT2D eigenvalue weighted by atomic mass is 9.88. The van der Waals surface area contributed by atoms with Gasteiger partial charge in [-0.3, -0.25) is 0 Å². The normalized spacial score (nSPS) is 12.3. The fraction of sp³-hybridized carbons (Fsp3) is 0.200. The highest BCUT2D eigenvalue weighted by atomic mass is 14.5. The highest BCUT2D eigenvalue weighted by Gasteiger charge is 2.12. The molecule has 0 bridgehead atoms. The first-order valence-corrected chi connectivity index (χ1v) is 5.91. The van der Waals surface area contributed by atoms with Gasteiger partial charge in [0.1, 0.15) is 0 Å². The molecular weight excluding hydrogens is 208 g/mol. The van der Waals surface area contributed by atoms with E-state index in [-0.39, 0.29) is 0 Å². The fourth-order valence-corrected chi connectivity index (χ4v) is 2.15. The fourth-order valence-electron chi connectivity index (χ4n) is 2.15. The molecule has 88 valence electrons. The molecule has 0 saturated heterocycles. The van der Waals surface area contributed by atoms with E-state index in [1.54, 1.807) is 0 Å². The zero-order valence-corrected chi connectivity index (χ0v) is 9.84. The van der Waals surface area contributed by atoms with Crippen LogP contribution in [0.3, 0.4) is 0 Å². The van der Waals surface area contributed by atoms with Crippen LogP contribution in [0.4, 0.5) is 5.69 Å². The van der Waals surface area contributed by atoms with Crippen LogP contribution >= 0.6 is 0 Å². The van der Waals surface area contributed by atoms with Gasteiger partial charge in [-0.2, -0.15) is 0 Å². The SMILES string of the molecule is NCC[C@H](c1ccccc1)c1cccc(N)c1. The molecule has 2 rings (SSSR count). The highest BCUT2D eigenvalue weighted by molar-refractivity contribution is 5.44. The molecule has 0 spiro atoms. The van der Waals surface area contributed by atoms with Crippen molar-refractivity contribution in [3.05, 3.63) is 65.7 Å². The molecule has 0 aliphatic rings. The number of hydrogen-bond donors (Lipinski definition) is 2. The van der Waals surface area contributed by atoms with Crippen LogP contribution in [0.5, 0.6) is 0 Å².